The maximum atomic E-state index is 13.5. The summed E-state index contributed by atoms with van der Waals surface area (Å²) >= 11 is -2.29. The van der Waals surface area contributed by atoms with Crippen molar-refractivity contribution in [2.24, 2.45) is 0 Å². The Morgan fingerprint density at radius 3 is 2.22 bits per heavy atom. The first kappa shape index (κ1) is 63.1. The van der Waals surface area contributed by atoms with Crippen LogP contribution in [0.2, 0.25) is 0 Å². The second kappa shape index (κ2) is 30.6. The van der Waals surface area contributed by atoms with Crippen LogP contribution in [0.5, 0.6) is 11.8 Å². The highest BCUT2D eigenvalue weighted by molar-refractivity contribution is 7.86. The van der Waals surface area contributed by atoms with Gasteiger partial charge in [-0.2, -0.15) is 16.8 Å². The summed E-state index contributed by atoms with van der Waals surface area (Å²) in [4.78, 5) is 46.3. The molecule has 0 bridgehead atoms. The molecule has 5 atom stereocenters. The molecule has 432 valence electrons. The number of nitrogens with one attached hydrogen (secondary N) is 4. The normalized spacial score (nSPS) is 21.0. The quantitative estimate of drug-likeness (QED) is 0.0328. The highest BCUT2D eigenvalue weighted by Gasteiger charge is 2.43. The van der Waals surface area contributed by atoms with E-state index < -0.39 is 49.1 Å². The first-order valence-electron chi connectivity index (χ1n) is 26.7. The lowest BCUT2D eigenvalue weighted by Gasteiger charge is -2.30. The summed E-state index contributed by atoms with van der Waals surface area (Å²) < 4.78 is 93.1. The fourth-order valence-corrected chi connectivity index (χ4v) is 11.1. The van der Waals surface area contributed by atoms with E-state index in [-0.39, 0.29) is 76.6 Å². The van der Waals surface area contributed by atoms with Crippen molar-refractivity contribution in [3.63, 3.8) is 0 Å². The number of aliphatic hydroxyl groups excluding tert-OH is 1. The zero-order valence-electron chi connectivity index (χ0n) is 44.4. The van der Waals surface area contributed by atoms with E-state index >= 15 is 0 Å². The molecule has 0 saturated heterocycles. The summed E-state index contributed by atoms with van der Waals surface area (Å²) in [5.74, 6) is -1.80. The van der Waals surface area contributed by atoms with E-state index in [4.69, 9.17) is 4.84 Å². The molecule has 78 heavy (non-hydrogen) atoms. The summed E-state index contributed by atoms with van der Waals surface area (Å²) in [5.41, 5.74) is 2.68. The van der Waals surface area contributed by atoms with Crippen LogP contribution < -0.4 is 31.0 Å². The van der Waals surface area contributed by atoms with Crippen molar-refractivity contribution < 1.29 is 69.2 Å². The topological polar surface area (TPSA) is 326 Å². The van der Waals surface area contributed by atoms with Gasteiger partial charge in [0.25, 0.3) is 20.2 Å². The molecule has 0 fully saturated rings. The number of hydrogen-bond acceptors (Lipinski definition) is 15. The third kappa shape index (κ3) is 19.6. The smallest absolute Gasteiger partial charge is 0.294 e. The fraction of sp³-hybridized carbons (Fsp3) is 0.537. The molecule has 0 saturated carbocycles. The van der Waals surface area contributed by atoms with Crippen LogP contribution in [0, 0.1) is 0 Å². The molecular weight excluding hydrogens is 1070 g/mol. The zero-order valence-corrected chi connectivity index (χ0v) is 46.9. The van der Waals surface area contributed by atoms with Crippen LogP contribution in [0.3, 0.4) is 0 Å². The molecule has 0 aliphatic carbocycles. The predicted octanol–water partition coefficient (Wildman–Crippen LogP) is 6.76. The molecule has 3 heterocycles. The second-order valence-corrected chi connectivity index (χ2v) is 23.9. The van der Waals surface area contributed by atoms with Crippen LogP contribution in [-0.4, -0.2) is 117 Å². The van der Waals surface area contributed by atoms with E-state index in [0.717, 1.165) is 10.4 Å². The molecule has 24 heteroatoms. The first-order valence-corrected chi connectivity index (χ1v) is 30.8. The molecule has 0 radical (unpaired) electrons. The standard InChI is InChI=1S/C54H78N6O15S3/c1-39-19-8-3-4-9-21-47-54(2,43-38-41(78(72,73)74)26-28-46(43)59(47)35-18-36-76(67)68)31-14-5-10-22-48(61)56-33-17-13-20-45(53(66)57-34-16-7-12-24-52(65)75-60-50(63)29-30-51(60)64)58-49(62)23-11-6-15-32-55-44-27-25-40(37-42(39)44)77(69,70)71/h3-4,8-9,21,25-30,37-39,45,52,55,63-65H,5-7,10-20,22-24,31-36H2,1-2H3,(H,56,61)(H,57,66)(H,58,62)(H,67,68)(H,69,70,71)(H,72,73,74)/p-1. The number of carbonyl (C=O) groups is 3. The van der Waals surface area contributed by atoms with Gasteiger partial charge in [-0.15, -0.1) is 4.73 Å². The van der Waals surface area contributed by atoms with Gasteiger partial charge >= 0.3 is 0 Å². The number of hydrogen-bond donors (Lipinski definition) is 9. The summed E-state index contributed by atoms with van der Waals surface area (Å²) in [6.45, 7) is 5.38. The van der Waals surface area contributed by atoms with Crippen molar-refractivity contribution in [1.29, 1.82) is 0 Å². The molecule has 21 nitrogen and oxygen atoms in total. The minimum atomic E-state index is -4.57. The van der Waals surface area contributed by atoms with E-state index in [2.05, 4.69) is 21.3 Å². The lowest BCUT2D eigenvalue weighted by molar-refractivity contribution is -0.129. The van der Waals surface area contributed by atoms with Crippen molar-refractivity contribution >= 4 is 60.4 Å². The maximum Gasteiger partial charge on any atom is 0.294 e. The highest BCUT2D eigenvalue weighted by Crippen LogP contribution is 2.51. The number of amides is 3. The number of aromatic nitrogens is 1. The zero-order chi connectivity index (χ0) is 56.9. The molecule has 9 N–H and O–H groups in total. The Labute approximate surface area is 460 Å². The number of unbranched alkanes of at least 4 members (excludes halogenated alkanes) is 2. The van der Waals surface area contributed by atoms with E-state index in [1.54, 1.807) is 12.1 Å². The van der Waals surface area contributed by atoms with Crippen LogP contribution in [-0.2, 0) is 51.1 Å². The molecule has 2 aliphatic heterocycles. The van der Waals surface area contributed by atoms with Crippen LogP contribution in [0.1, 0.15) is 146 Å². The van der Waals surface area contributed by atoms with E-state index in [9.17, 15) is 64.4 Å². The third-order valence-electron chi connectivity index (χ3n) is 14.0. The number of carbonyl (C=O) groups excluding carboxylic acids is 3. The monoisotopic (exact) mass is 1150 g/mol. The Bertz CT molecular complexity index is 2820. The van der Waals surface area contributed by atoms with Crippen molar-refractivity contribution in [2.45, 2.75) is 163 Å². The molecule has 3 aromatic rings. The average Bonchev–Trinajstić information content (AvgIpc) is 3.95. The van der Waals surface area contributed by atoms with Crippen molar-refractivity contribution in [2.75, 3.05) is 42.1 Å². The van der Waals surface area contributed by atoms with Gasteiger partial charge in [-0.25, -0.2) is 0 Å². The van der Waals surface area contributed by atoms with Crippen LogP contribution >= 0.6 is 0 Å². The summed E-state index contributed by atoms with van der Waals surface area (Å²) in [6, 6.07) is 10.4. The number of aromatic hydroxyl groups is 2. The number of anilines is 2. The Kier molecular flexibility index (Phi) is 24.7. The Morgan fingerprint density at radius 2 is 1.50 bits per heavy atom. The average molecular weight is 1150 g/mol. The molecule has 2 aromatic carbocycles. The number of rotatable bonds is 15. The van der Waals surface area contributed by atoms with Gasteiger partial charge < -0.3 is 50.9 Å². The van der Waals surface area contributed by atoms with E-state index in [0.29, 0.717) is 139 Å². The molecule has 1 aromatic heterocycles. The third-order valence-corrected chi connectivity index (χ3v) is 16.3. The van der Waals surface area contributed by atoms with Gasteiger partial charge in [-0.3, -0.25) is 27.7 Å². The van der Waals surface area contributed by atoms with E-state index in [1.165, 1.54) is 36.4 Å². The van der Waals surface area contributed by atoms with Gasteiger partial charge in [0.15, 0.2) is 0 Å². The largest absolute Gasteiger partial charge is 0.772 e. The Hall–Kier alpha value is -5.76. The lowest BCUT2D eigenvalue weighted by Crippen LogP contribution is -2.47. The van der Waals surface area contributed by atoms with Crippen molar-refractivity contribution in [3.05, 3.63) is 95.7 Å². The van der Waals surface area contributed by atoms with Gasteiger partial charge in [-0.05, 0) is 137 Å². The van der Waals surface area contributed by atoms with Gasteiger partial charge in [0.05, 0.1) is 9.79 Å². The van der Waals surface area contributed by atoms with Gasteiger partial charge in [-0.1, -0.05) is 68.0 Å². The molecule has 5 rings (SSSR count). The fourth-order valence-electron chi connectivity index (χ4n) is 9.72. The van der Waals surface area contributed by atoms with Gasteiger partial charge in [0, 0.05) is 85.8 Å². The second-order valence-electron chi connectivity index (χ2n) is 20.0. The number of fused-ring (bicyclic) bond motifs is 4. The Morgan fingerprint density at radius 1 is 0.833 bits per heavy atom. The molecular formula is C54H77N6O15S3-. The summed E-state index contributed by atoms with van der Waals surface area (Å²) in [5, 5.41) is 41.8. The molecule has 0 spiro atoms. The number of nitrogens with zero attached hydrogens (tertiary/aromatic N) is 2. The SMILES string of the molecule is CC1CC=CC=CC=C2N(CCCS(=O)[O-])c3ccc(S(=O)(=O)O)cc3C2(C)CCCCCC(=O)NCCCCC(C(=O)NCCCCCC(O)On2c(O)ccc2O)NC(=O)CCCCCNc2ccc(S(=O)(=O)O)cc21. The molecule has 3 amide bonds. The number of benzene rings is 2. The lowest BCUT2D eigenvalue weighted by atomic mass is 9.77. The number of aliphatic hydroxyl groups is 1. The van der Waals surface area contributed by atoms with Crippen molar-refractivity contribution in [1.82, 2.24) is 20.7 Å². The minimum absolute atomic E-state index is 0.0922. The molecule has 5 unspecified atom stereocenters. The van der Waals surface area contributed by atoms with Gasteiger partial charge in [0.1, 0.15) is 6.04 Å². The molecule has 2 aliphatic rings. The number of allylic oxidation sites excluding steroid dienone is 6. The Balaban J connectivity index is 1.29. The van der Waals surface area contributed by atoms with E-state index in [1.807, 2.05) is 49.1 Å². The predicted molar refractivity (Wildman–Crippen MR) is 296 cm³/mol. The van der Waals surface area contributed by atoms with Crippen LogP contribution in [0.25, 0.3) is 0 Å². The van der Waals surface area contributed by atoms with Gasteiger partial charge in [0.2, 0.25) is 35.8 Å². The summed E-state index contributed by atoms with van der Waals surface area (Å²) in [7, 11) is -9.08. The summed E-state index contributed by atoms with van der Waals surface area (Å²) in [6.07, 6.45) is 16.8. The maximum absolute atomic E-state index is 13.5. The van der Waals surface area contributed by atoms with Crippen LogP contribution in [0.4, 0.5) is 11.4 Å². The first-order chi connectivity index (χ1) is 37.1. The van der Waals surface area contributed by atoms with Crippen LogP contribution in [0.15, 0.2) is 94.4 Å². The minimum Gasteiger partial charge on any atom is -0.772 e. The highest BCUT2D eigenvalue weighted by atomic mass is 32.2. The van der Waals surface area contributed by atoms with Crippen molar-refractivity contribution in [3.8, 4) is 11.8 Å².